The summed E-state index contributed by atoms with van der Waals surface area (Å²) in [4.78, 5) is 24.8. The number of aliphatic carboxylic acids is 1. The third-order valence-electron chi connectivity index (χ3n) is 6.04. The monoisotopic (exact) mass is 489 g/mol. The van der Waals surface area contributed by atoms with E-state index >= 15 is 0 Å². The van der Waals surface area contributed by atoms with Gasteiger partial charge in [-0.05, 0) is 60.2 Å². The number of benzene rings is 3. The van der Waals surface area contributed by atoms with Crippen LogP contribution in [-0.2, 0) is 20.9 Å². The zero-order chi connectivity index (χ0) is 25.9. The fraction of sp³-hybridized carbons (Fsp3) is 0.333. The number of carbonyl (C=O) groups is 2. The van der Waals surface area contributed by atoms with Crippen LogP contribution >= 0.6 is 0 Å². The molecule has 2 atom stereocenters. The SMILES string of the molecule is CCCC(NC(=O)c1ccc(CO[C@@H](COCC)c2ccccc2)cc1-c1ccccc1C)C(=O)O. The van der Waals surface area contributed by atoms with Crippen LogP contribution in [-0.4, -0.2) is 36.2 Å². The van der Waals surface area contributed by atoms with E-state index in [-0.39, 0.29) is 6.10 Å². The van der Waals surface area contributed by atoms with Crippen molar-refractivity contribution in [3.8, 4) is 11.1 Å². The van der Waals surface area contributed by atoms with Gasteiger partial charge in [0.1, 0.15) is 12.1 Å². The van der Waals surface area contributed by atoms with Crippen LogP contribution in [0.3, 0.4) is 0 Å². The predicted octanol–water partition coefficient (Wildman–Crippen LogP) is 5.94. The van der Waals surface area contributed by atoms with Crippen LogP contribution in [0.4, 0.5) is 0 Å². The van der Waals surface area contributed by atoms with Crippen molar-refractivity contribution in [2.75, 3.05) is 13.2 Å². The average Bonchev–Trinajstić information content (AvgIpc) is 2.89. The summed E-state index contributed by atoms with van der Waals surface area (Å²) in [6, 6.07) is 22.4. The molecule has 190 valence electrons. The highest BCUT2D eigenvalue weighted by atomic mass is 16.5. The first-order valence-electron chi connectivity index (χ1n) is 12.4. The van der Waals surface area contributed by atoms with Gasteiger partial charge < -0.3 is 19.9 Å². The van der Waals surface area contributed by atoms with Gasteiger partial charge in [-0.2, -0.15) is 0 Å². The Morgan fingerprint density at radius 3 is 2.33 bits per heavy atom. The van der Waals surface area contributed by atoms with Crippen molar-refractivity contribution in [3.05, 3.63) is 95.1 Å². The molecule has 3 aromatic rings. The minimum absolute atomic E-state index is 0.221. The van der Waals surface area contributed by atoms with Gasteiger partial charge in [0.05, 0.1) is 13.2 Å². The summed E-state index contributed by atoms with van der Waals surface area (Å²) in [5.41, 5.74) is 5.06. The Bertz CT molecular complexity index is 1150. The molecule has 3 rings (SSSR count). The number of hydrogen-bond donors (Lipinski definition) is 2. The molecule has 6 heteroatoms. The molecule has 0 spiro atoms. The molecule has 0 bridgehead atoms. The Kier molecular flexibility index (Phi) is 10.2. The van der Waals surface area contributed by atoms with Gasteiger partial charge in [0.15, 0.2) is 0 Å². The summed E-state index contributed by atoms with van der Waals surface area (Å²) in [7, 11) is 0. The Balaban J connectivity index is 1.90. The minimum Gasteiger partial charge on any atom is -0.480 e. The lowest BCUT2D eigenvalue weighted by molar-refractivity contribution is -0.139. The Hall–Kier alpha value is -3.48. The molecule has 2 N–H and O–H groups in total. The maximum absolute atomic E-state index is 13.2. The first-order valence-corrected chi connectivity index (χ1v) is 12.4. The molecule has 0 aliphatic rings. The fourth-order valence-electron chi connectivity index (χ4n) is 4.09. The molecule has 0 aromatic heterocycles. The van der Waals surface area contributed by atoms with Crippen molar-refractivity contribution in [2.24, 2.45) is 0 Å². The zero-order valence-corrected chi connectivity index (χ0v) is 21.2. The topological polar surface area (TPSA) is 84.9 Å². The van der Waals surface area contributed by atoms with Crippen LogP contribution in [0.2, 0.25) is 0 Å². The van der Waals surface area contributed by atoms with Gasteiger partial charge in [-0.3, -0.25) is 4.79 Å². The number of nitrogens with one attached hydrogen (secondary N) is 1. The minimum atomic E-state index is -1.03. The van der Waals surface area contributed by atoms with Crippen LogP contribution in [0.5, 0.6) is 0 Å². The summed E-state index contributed by atoms with van der Waals surface area (Å²) in [5, 5.41) is 12.2. The van der Waals surface area contributed by atoms with Crippen LogP contribution < -0.4 is 5.32 Å². The van der Waals surface area contributed by atoms with E-state index in [2.05, 4.69) is 5.32 Å². The highest BCUT2D eigenvalue weighted by Crippen LogP contribution is 2.29. The fourth-order valence-corrected chi connectivity index (χ4v) is 4.09. The number of aryl methyl sites for hydroxylation is 1. The van der Waals surface area contributed by atoms with E-state index in [9.17, 15) is 14.7 Å². The predicted molar refractivity (Wildman–Crippen MR) is 141 cm³/mol. The lowest BCUT2D eigenvalue weighted by Gasteiger charge is -2.20. The summed E-state index contributed by atoms with van der Waals surface area (Å²) < 4.78 is 11.9. The van der Waals surface area contributed by atoms with E-state index in [4.69, 9.17) is 9.47 Å². The normalized spacial score (nSPS) is 12.6. The van der Waals surface area contributed by atoms with E-state index in [1.807, 2.05) is 87.5 Å². The third kappa shape index (κ3) is 7.26. The Morgan fingerprint density at radius 1 is 0.944 bits per heavy atom. The molecule has 1 amide bonds. The van der Waals surface area contributed by atoms with E-state index < -0.39 is 17.9 Å². The highest BCUT2D eigenvalue weighted by molar-refractivity contribution is 6.02. The van der Waals surface area contributed by atoms with Gasteiger partial charge >= 0.3 is 5.97 Å². The lowest BCUT2D eigenvalue weighted by Crippen LogP contribution is -2.40. The first kappa shape index (κ1) is 27.1. The van der Waals surface area contributed by atoms with Crippen molar-refractivity contribution >= 4 is 11.9 Å². The molecule has 3 aromatic carbocycles. The van der Waals surface area contributed by atoms with Gasteiger partial charge in [0, 0.05) is 12.2 Å². The molecule has 0 heterocycles. The van der Waals surface area contributed by atoms with Crippen molar-refractivity contribution in [1.82, 2.24) is 5.32 Å². The van der Waals surface area contributed by atoms with Crippen molar-refractivity contribution in [2.45, 2.75) is 52.4 Å². The molecule has 1 unspecified atom stereocenters. The molecule has 0 aliphatic carbocycles. The molecule has 0 aliphatic heterocycles. The summed E-state index contributed by atoms with van der Waals surface area (Å²) >= 11 is 0. The number of rotatable bonds is 13. The number of ether oxygens (including phenoxy) is 2. The van der Waals surface area contributed by atoms with Gasteiger partial charge in [0.25, 0.3) is 5.91 Å². The number of hydrogen-bond acceptors (Lipinski definition) is 4. The van der Waals surface area contributed by atoms with Crippen LogP contribution in [0, 0.1) is 6.92 Å². The van der Waals surface area contributed by atoms with Gasteiger partial charge in [-0.25, -0.2) is 4.79 Å². The quantitative estimate of drug-likeness (QED) is 0.310. The van der Waals surface area contributed by atoms with E-state index in [0.717, 1.165) is 27.8 Å². The van der Waals surface area contributed by atoms with Crippen molar-refractivity contribution in [1.29, 1.82) is 0 Å². The maximum Gasteiger partial charge on any atom is 0.326 e. The van der Waals surface area contributed by atoms with Crippen molar-refractivity contribution in [3.63, 3.8) is 0 Å². The number of carbonyl (C=O) groups excluding carboxylic acids is 1. The molecule has 0 fully saturated rings. The van der Waals surface area contributed by atoms with Crippen LogP contribution in [0.1, 0.15) is 59.8 Å². The second-order valence-electron chi connectivity index (χ2n) is 8.72. The molecule has 6 nitrogen and oxygen atoms in total. The summed E-state index contributed by atoms with van der Waals surface area (Å²) in [5.74, 6) is -1.44. The molecule has 0 saturated carbocycles. The third-order valence-corrected chi connectivity index (χ3v) is 6.04. The molecule has 0 saturated heterocycles. The van der Waals surface area contributed by atoms with E-state index in [1.54, 1.807) is 6.07 Å². The zero-order valence-electron chi connectivity index (χ0n) is 21.2. The smallest absolute Gasteiger partial charge is 0.326 e. The van der Waals surface area contributed by atoms with Crippen molar-refractivity contribution < 1.29 is 24.2 Å². The number of carboxylic acids is 1. The standard InChI is InChI=1S/C30H35NO5/c1-4-11-27(30(33)34)31-29(32)25-17-16-22(18-26(25)24-15-10-9-12-21(24)3)19-36-28(20-35-5-2)23-13-7-6-8-14-23/h6-10,12-18,27-28H,4-5,11,19-20H2,1-3H3,(H,31,32)(H,33,34)/t27?,28-/m0/s1. The maximum atomic E-state index is 13.2. The van der Waals surface area contributed by atoms with E-state index in [1.165, 1.54) is 0 Å². The molecule has 36 heavy (non-hydrogen) atoms. The largest absolute Gasteiger partial charge is 0.480 e. The Labute approximate surface area is 213 Å². The first-order chi connectivity index (χ1) is 17.4. The van der Waals surface area contributed by atoms with Crippen LogP contribution in [0.15, 0.2) is 72.8 Å². The van der Waals surface area contributed by atoms with Crippen LogP contribution in [0.25, 0.3) is 11.1 Å². The summed E-state index contributed by atoms with van der Waals surface area (Å²) in [6.45, 7) is 7.22. The molecular weight excluding hydrogens is 454 g/mol. The highest BCUT2D eigenvalue weighted by Gasteiger charge is 2.22. The molecule has 0 radical (unpaired) electrons. The molecular formula is C30H35NO5. The second-order valence-corrected chi connectivity index (χ2v) is 8.72. The number of carboxylic acid groups (broad SMARTS) is 1. The van der Waals surface area contributed by atoms with Gasteiger partial charge in [0.2, 0.25) is 0 Å². The van der Waals surface area contributed by atoms with E-state index in [0.29, 0.717) is 38.2 Å². The second kappa shape index (κ2) is 13.6. The van der Waals surface area contributed by atoms with Gasteiger partial charge in [-0.1, -0.05) is 74.0 Å². The number of amides is 1. The van der Waals surface area contributed by atoms with Gasteiger partial charge in [-0.15, -0.1) is 0 Å². The average molecular weight is 490 g/mol. The summed E-state index contributed by atoms with van der Waals surface area (Å²) in [6.07, 6.45) is 0.803. The Morgan fingerprint density at radius 2 is 1.67 bits per heavy atom. The lowest BCUT2D eigenvalue weighted by atomic mass is 9.93.